The van der Waals surface area contributed by atoms with Gasteiger partial charge in [0.1, 0.15) is 5.75 Å². The maximum Gasteiger partial charge on any atom is 0.254 e. The smallest absolute Gasteiger partial charge is 0.254 e. The van der Waals surface area contributed by atoms with Crippen LogP contribution >= 0.6 is 0 Å². The van der Waals surface area contributed by atoms with Crippen molar-refractivity contribution in [2.75, 3.05) is 12.4 Å². The number of aryl methyl sites for hydroxylation is 1. The zero-order valence-electron chi connectivity index (χ0n) is 17.6. The first kappa shape index (κ1) is 20.3. The van der Waals surface area contributed by atoms with Gasteiger partial charge in [0.2, 0.25) is 5.95 Å². The van der Waals surface area contributed by atoms with Crippen molar-refractivity contribution in [1.82, 2.24) is 14.8 Å². The summed E-state index contributed by atoms with van der Waals surface area (Å²) in [5.41, 5.74) is 3.99. The second-order valence-electron chi connectivity index (χ2n) is 7.29. The van der Waals surface area contributed by atoms with Gasteiger partial charge in [-0.25, -0.2) is 0 Å². The van der Waals surface area contributed by atoms with E-state index >= 15 is 0 Å². The molecule has 0 bridgehead atoms. The van der Waals surface area contributed by atoms with Gasteiger partial charge in [-0.15, -0.1) is 5.10 Å². The highest BCUT2D eigenvalue weighted by molar-refractivity contribution is 5.83. The third kappa shape index (κ3) is 4.98. The van der Waals surface area contributed by atoms with Crippen LogP contribution in [0, 0.1) is 6.92 Å². The molecule has 1 aromatic heterocycles. The molecule has 0 aliphatic carbocycles. The van der Waals surface area contributed by atoms with Crippen molar-refractivity contribution >= 4 is 11.9 Å². The minimum atomic E-state index is -0.144. The van der Waals surface area contributed by atoms with E-state index in [1.807, 2.05) is 85.8 Å². The van der Waals surface area contributed by atoms with Crippen LogP contribution in [0.3, 0.4) is 0 Å². The second kappa shape index (κ2) is 9.26. The summed E-state index contributed by atoms with van der Waals surface area (Å²) in [6.45, 7) is 2.54. The molecule has 6 heteroatoms. The Labute approximate surface area is 181 Å². The molecule has 156 valence electrons. The van der Waals surface area contributed by atoms with Crippen LogP contribution in [0.5, 0.6) is 5.75 Å². The molecule has 0 aliphatic heterocycles. The molecule has 0 aliphatic rings. The Bertz CT molecular complexity index is 1150. The molecule has 31 heavy (non-hydrogen) atoms. The van der Waals surface area contributed by atoms with Crippen molar-refractivity contribution < 1.29 is 9.53 Å². The number of benzene rings is 3. The van der Waals surface area contributed by atoms with Gasteiger partial charge in [0.15, 0.2) is 5.82 Å². The van der Waals surface area contributed by atoms with Crippen LogP contribution in [0.4, 0.5) is 5.95 Å². The molecule has 0 unspecified atom stereocenters. The summed E-state index contributed by atoms with van der Waals surface area (Å²) in [6, 6.07) is 25.3. The van der Waals surface area contributed by atoms with Crippen molar-refractivity contribution in [3.63, 3.8) is 0 Å². The van der Waals surface area contributed by atoms with Crippen LogP contribution in [-0.2, 0) is 13.0 Å². The first-order valence-corrected chi connectivity index (χ1v) is 10.1. The lowest BCUT2D eigenvalue weighted by molar-refractivity contribution is 0.0901. The number of anilines is 1. The maximum atomic E-state index is 13.0. The molecule has 4 rings (SSSR count). The summed E-state index contributed by atoms with van der Waals surface area (Å²) in [5, 5.41) is 7.78. The minimum absolute atomic E-state index is 0.144. The first-order chi connectivity index (χ1) is 15.1. The molecule has 6 nitrogen and oxygen atoms in total. The third-order valence-electron chi connectivity index (χ3n) is 4.96. The number of carbonyl (C=O) groups is 1. The lowest BCUT2D eigenvalue weighted by Gasteiger charge is -2.08. The molecular weight excluding hydrogens is 388 g/mol. The third-order valence-corrected chi connectivity index (χ3v) is 4.96. The summed E-state index contributed by atoms with van der Waals surface area (Å²) >= 11 is 0. The lowest BCUT2D eigenvalue weighted by atomic mass is 10.1. The number of rotatable bonds is 7. The van der Waals surface area contributed by atoms with Crippen molar-refractivity contribution in [1.29, 1.82) is 0 Å². The highest BCUT2D eigenvalue weighted by Gasteiger charge is 2.17. The van der Waals surface area contributed by atoms with Crippen LogP contribution < -0.4 is 10.1 Å². The Balaban J connectivity index is 1.60. The van der Waals surface area contributed by atoms with E-state index in [9.17, 15) is 4.79 Å². The van der Waals surface area contributed by atoms with Crippen LogP contribution in [0.2, 0.25) is 0 Å². The standard InChI is InChI=1S/C25H24N4O2/c1-18-8-12-21(13-9-18)24-27-25(26-17-20-10-14-22(31-2)15-11-20)29(28-24)23(30)16-19-6-4-3-5-7-19/h3-15H,16-17H2,1-2H3,(H,26,27,28). The quantitative estimate of drug-likeness (QED) is 0.474. The van der Waals surface area contributed by atoms with E-state index in [-0.39, 0.29) is 12.3 Å². The normalized spacial score (nSPS) is 10.6. The highest BCUT2D eigenvalue weighted by Crippen LogP contribution is 2.20. The van der Waals surface area contributed by atoms with E-state index < -0.39 is 0 Å². The molecular formula is C25H24N4O2. The summed E-state index contributed by atoms with van der Waals surface area (Å²) in [6.07, 6.45) is 0.245. The molecule has 1 heterocycles. The molecule has 4 aromatic rings. The van der Waals surface area contributed by atoms with Gasteiger partial charge >= 0.3 is 0 Å². The van der Waals surface area contributed by atoms with E-state index in [0.717, 1.165) is 28.0 Å². The number of aromatic nitrogens is 3. The molecule has 0 saturated carbocycles. The molecule has 1 N–H and O–H groups in total. The zero-order chi connectivity index (χ0) is 21.6. The van der Waals surface area contributed by atoms with Gasteiger partial charge in [-0.05, 0) is 30.2 Å². The number of nitrogens with one attached hydrogen (secondary N) is 1. The van der Waals surface area contributed by atoms with Crippen LogP contribution in [0.1, 0.15) is 21.5 Å². The van der Waals surface area contributed by atoms with Crippen LogP contribution in [0.25, 0.3) is 11.4 Å². The number of carbonyl (C=O) groups excluding carboxylic acids is 1. The molecule has 0 fully saturated rings. The summed E-state index contributed by atoms with van der Waals surface area (Å²) in [4.78, 5) is 17.6. The molecule has 3 aromatic carbocycles. The van der Waals surface area contributed by atoms with Gasteiger partial charge in [-0.3, -0.25) is 4.79 Å². The fourth-order valence-corrected chi connectivity index (χ4v) is 3.20. The van der Waals surface area contributed by atoms with E-state index in [2.05, 4.69) is 15.4 Å². The topological polar surface area (TPSA) is 69.0 Å². The Morgan fingerprint density at radius 3 is 2.32 bits per heavy atom. The fraction of sp³-hybridized carbons (Fsp3) is 0.160. The molecule has 0 saturated heterocycles. The van der Waals surface area contributed by atoms with Gasteiger partial charge in [0, 0.05) is 12.1 Å². The number of methoxy groups -OCH3 is 1. The average Bonchev–Trinajstić information content (AvgIpc) is 3.23. The minimum Gasteiger partial charge on any atom is -0.497 e. The van der Waals surface area contributed by atoms with Crippen molar-refractivity contribution in [3.05, 3.63) is 95.6 Å². The number of hydrogen-bond donors (Lipinski definition) is 1. The predicted octanol–water partition coefficient (Wildman–Crippen LogP) is 4.76. The van der Waals surface area contributed by atoms with E-state index in [4.69, 9.17) is 4.74 Å². The number of nitrogens with zero attached hydrogens (tertiary/aromatic N) is 3. The fourth-order valence-electron chi connectivity index (χ4n) is 3.20. The van der Waals surface area contributed by atoms with Crippen LogP contribution in [-0.4, -0.2) is 27.8 Å². The summed E-state index contributed by atoms with van der Waals surface area (Å²) < 4.78 is 6.58. The van der Waals surface area contributed by atoms with Crippen molar-refractivity contribution in [2.24, 2.45) is 0 Å². The number of ether oxygens (including phenoxy) is 1. The first-order valence-electron chi connectivity index (χ1n) is 10.1. The molecule has 0 atom stereocenters. The molecule has 0 radical (unpaired) electrons. The van der Waals surface area contributed by atoms with Crippen LogP contribution in [0.15, 0.2) is 78.9 Å². The average molecular weight is 412 g/mol. The van der Waals surface area contributed by atoms with E-state index in [0.29, 0.717) is 18.3 Å². The Kier molecular flexibility index (Phi) is 6.08. The van der Waals surface area contributed by atoms with Gasteiger partial charge in [0.25, 0.3) is 5.91 Å². The van der Waals surface area contributed by atoms with Gasteiger partial charge in [-0.1, -0.05) is 72.3 Å². The lowest BCUT2D eigenvalue weighted by Crippen LogP contribution is -2.18. The van der Waals surface area contributed by atoms with Crippen molar-refractivity contribution in [2.45, 2.75) is 19.9 Å². The Morgan fingerprint density at radius 1 is 0.935 bits per heavy atom. The predicted molar refractivity (Wildman–Crippen MR) is 121 cm³/mol. The highest BCUT2D eigenvalue weighted by atomic mass is 16.5. The SMILES string of the molecule is COc1ccc(CNc2nc(-c3ccc(C)cc3)nn2C(=O)Cc2ccccc2)cc1. The molecule has 0 amide bonds. The van der Waals surface area contributed by atoms with E-state index in [1.54, 1.807) is 7.11 Å². The maximum absolute atomic E-state index is 13.0. The molecule has 0 spiro atoms. The number of hydrogen-bond acceptors (Lipinski definition) is 5. The Morgan fingerprint density at radius 2 is 1.65 bits per heavy atom. The second-order valence-corrected chi connectivity index (χ2v) is 7.29. The summed E-state index contributed by atoms with van der Waals surface area (Å²) in [5.74, 6) is 1.59. The van der Waals surface area contributed by atoms with Gasteiger partial charge in [-0.2, -0.15) is 9.67 Å². The van der Waals surface area contributed by atoms with Gasteiger partial charge < -0.3 is 10.1 Å². The van der Waals surface area contributed by atoms with Gasteiger partial charge in [0.05, 0.1) is 13.5 Å². The van der Waals surface area contributed by atoms with E-state index in [1.165, 1.54) is 4.68 Å². The summed E-state index contributed by atoms with van der Waals surface area (Å²) in [7, 11) is 1.64. The zero-order valence-corrected chi connectivity index (χ0v) is 17.6. The monoisotopic (exact) mass is 412 g/mol. The largest absolute Gasteiger partial charge is 0.497 e. The van der Waals surface area contributed by atoms with Crippen molar-refractivity contribution in [3.8, 4) is 17.1 Å². The Hall–Kier alpha value is -3.93.